The van der Waals surface area contributed by atoms with Gasteiger partial charge in [-0.15, -0.1) is 0 Å². The summed E-state index contributed by atoms with van der Waals surface area (Å²) < 4.78 is 37.0. The Morgan fingerprint density at radius 3 is 1.24 bits per heavy atom. The van der Waals surface area contributed by atoms with Crippen LogP contribution < -0.4 is 0 Å². The van der Waals surface area contributed by atoms with Crippen LogP contribution in [0, 0.1) is 0 Å². The molecule has 0 aromatic carbocycles. The maximum absolute atomic E-state index is 13.3. The summed E-state index contributed by atoms with van der Waals surface area (Å²) >= 11 is 0. The number of carboxylic acid groups (broad SMARTS) is 3. The van der Waals surface area contributed by atoms with Crippen LogP contribution in [0.3, 0.4) is 0 Å². The second-order valence-corrected chi connectivity index (χ2v) is 18.1. The molecule has 46 heavy (non-hydrogen) atoms. The van der Waals surface area contributed by atoms with Gasteiger partial charge in [0.1, 0.15) is 0 Å². The van der Waals surface area contributed by atoms with Gasteiger partial charge in [0.2, 0.25) is 7.37 Å². The fourth-order valence-electron chi connectivity index (χ4n) is 7.07. The standard InChI is InChI=1S/C25H51N4O14P3/c1-5-24(6-2)25(7-3,8-4)29(17-22(34)35)14-12-27(19-44(36,37)18-23(45(38,39)40)46(41,42)43)10-9-26(15-20(30)31)11-13-28(24)16-21(32)33/h23H,5-19H2,1-4H3,(H,30,31)(H,32,33)(H,34,35)(H,36,37)(H2,38,39,40)(H2,41,42,43). The molecule has 0 aromatic heterocycles. The molecule has 270 valence electrons. The molecule has 0 radical (unpaired) electrons. The number of hydrogen-bond acceptors (Lipinski definition) is 10. The number of aliphatic carboxylic acids is 3. The van der Waals surface area contributed by atoms with Gasteiger partial charge in [-0.2, -0.15) is 0 Å². The van der Waals surface area contributed by atoms with Crippen LogP contribution in [0.2, 0.25) is 0 Å². The first-order chi connectivity index (χ1) is 21.0. The first kappa shape index (κ1) is 42.8. The van der Waals surface area contributed by atoms with Gasteiger partial charge in [0.05, 0.1) is 32.1 Å². The lowest BCUT2D eigenvalue weighted by molar-refractivity contribution is -0.152. The molecule has 0 bridgehead atoms. The zero-order valence-corrected chi connectivity index (χ0v) is 29.5. The SMILES string of the molecule is CCC1(CC)N(CC(=O)O)CCN(CC(=O)O)CCN(CP(=O)(O)CC(P(=O)(O)O)P(=O)(O)O)CCN(CC(=O)O)C1(CC)CC. The van der Waals surface area contributed by atoms with Crippen LogP contribution in [0.25, 0.3) is 0 Å². The lowest BCUT2D eigenvalue weighted by Gasteiger charge is -2.60. The molecule has 18 nitrogen and oxygen atoms in total. The maximum Gasteiger partial charge on any atom is 0.341 e. The van der Waals surface area contributed by atoms with Gasteiger partial charge in [-0.3, -0.25) is 47.7 Å². The Bertz CT molecular complexity index is 1160. The first-order valence-corrected chi connectivity index (χ1v) is 20.4. The topological polar surface area (TPSA) is 277 Å². The molecule has 8 N–H and O–H groups in total. The predicted octanol–water partition coefficient (Wildman–Crippen LogP) is 0.489. The van der Waals surface area contributed by atoms with E-state index in [2.05, 4.69) is 0 Å². The van der Waals surface area contributed by atoms with Crippen LogP contribution in [-0.2, 0) is 28.1 Å². The van der Waals surface area contributed by atoms with Crippen LogP contribution in [0.4, 0.5) is 0 Å². The summed E-state index contributed by atoms with van der Waals surface area (Å²) in [5.74, 6) is -3.45. The second kappa shape index (κ2) is 17.4. The molecule has 1 aliphatic rings. The Balaban J connectivity index is 3.81. The van der Waals surface area contributed by atoms with Crippen LogP contribution in [0.15, 0.2) is 0 Å². The number of hydrogen-bond donors (Lipinski definition) is 8. The van der Waals surface area contributed by atoms with Crippen molar-refractivity contribution in [2.45, 2.75) is 69.9 Å². The molecule has 1 aliphatic heterocycles. The van der Waals surface area contributed by atoms with E-state index in [0.717, 1.165) is 0 Å². The van der Waals surface area contributed by atoms with Crippen LogP contribution in [0.5, 0.6) is 0 Å². The zero-order valence-electron chi connectivity index (χ0n) is 26.8. The number of carboxylic acids is 3. The minimum Gasteiger partial charge on any atom is -0.480 e. The number of carbonyl (C=O) groups is 3. The lowest BCUT2D eigenvalue weighted by atomic mass is 9.67. The van der Waals surface area contributed by atoms with Crippen LogP contribution in [0.1, 0.15) is 53.4 Å². The third kappa shape index (κ3) is 11.4. The van der Waals surface area contributed by atoms with E-state index in [0.29, 0.717) is 25.7 Å². The number of nitrogens with zero attached hydrogens (tertiary/aromatic N) is 4. The Labute approximate surface area is 269 Å². The summed E-state index contributed by atoms with van der Waals surface area (Å²) in [5, 5.41) is 26.8. The summed E-state index contributed by atoms with van der Waals surface area (Å²) in [6.07, 6.45) is -0.558. The fraction of sp³-hybridized carbons (Fsp3) is 0.880. The summed E-state index contributed by atoms with van der Waals surface area (Å²) in [5.41, 5.74) is -1.85. The molecule has 0 amide bonds. The van der Waals surface area contributed by atoms with E-state index in [-0.39, 0.29) is 45.8 Å². The fourth-order valence-corrected chi connectivity index (χ4v) is 13.4. The van der Waals surface area contributed by atoms with Crippen molar-refractivity contribution in [3.8, 4) is 0 Å². The Kier molecular flexibility index (Phi) is 16.2. The summed E-state index contributed by atoms with van der Waals surface area (Å²) in [7, 11) is -15.7. The molecule has 1 heterocycles. The van der Waals surface area contributed by atoms with Gasteiger partial charge in [0, 0.05) is 50.3 Å². The highest BCUT2D eigenvalue weighted by molar-refractivity contribution is 7.72. The molecule has 21 heteroatoms. The third-order valence-corrected chi connectivity index (χ3v) is 15.3. The lowest BCUT2D eigenvalue weighted by Crippen LogP contribution is -2.72. The third-order valence-electron chi connectivity index (χ3n) is 9.18. The quantitative estimate of drug-likeness (QED) is 0.101. The normalized spacial score (nSPS) is 21.3. The Morgan fingerprint density at radius 2 is 0.913 bits per heavy atom. The predicted molar refractivity (Wildman–Crippen MR) is 168 cm³/mol. The molecule has 0 spiro atoms. The van der Waals surface area contributed by atoms with E-state index in [1.807, 2.05) is 27.7 Å². The molecule has 1 unspecified atom stereocenters. The molecular weight excluding hydrogens is 673 g/mol. The van der Waals surface area contributed by atoms with Gasteiger partial charge in [-0.25, -0.2) is 0 Å². The van der Waals surface area contributed by atoms with Crippen molar-refractivity contribution in [2.75, 3.05) is 71.4 Å². The van der Waals surface area contributed by atoms with Crippen molar-refractivity contribution in [2.24, 2.45) is 0 Å². The molecule has 1 rings (SSSR count). The zero-order chi connectivity index (χ0) is 35.7. The van der Waals surface area contributed by atoms with Gasteiger partial charge in [-0.05, 0) is 25.7 Å². The van der Waals surface area contributed by atoms with Gasteiger partial charge in [-0.1, -0.05) is 27.7 Å². The summed E-state index contributed by atoms with van der Waals surface area (Å²) in [6, 6.07) is 0. The molecule has 0 aromatic rings. The van der Waals surface area contributed by atoms with Crippen molar-refractivity contribution in [1.82, 2.24) is 19.6 Å². The van der Waals surface area contributed by atoms with E-state index in [4.69, 9.17) is 0 Å². The van der Waals surface area contributed by atoms with Crippen LogP contribution in [-0.4, -0.2) is 165 Å². The Morgan fingerprint density at radius 1 is 0.587 bits per heavy atom. The molecule has 0 aliphatic carbocycles. The van der Waals surface area contributed by atoms with Crippen molar-refractivity contribution >= 4 is 40.5 Å². The average molecular weight is 725 g/mol. The molecule has 0 saturated carbocycles. The maximum atomic E-state index is 13.3. The van der Waals surface area contributed by atoms with E-state index in [9.17, 15) is 67.9 Å². The highest BCUT2D eigenvalue weighted by atomic mass is 31.2. The Hall–Kier alpha value is -1.26. The first-order valence-electron chi connectivity index (χ1n) is 15.1. The summed E-state index contributed by atoms with van der Waals surface area (Å²) in [6.45, 7) is 6.19. The minimum absolute atomic E-state index is 0.00942. The molecule has 1 fully saturated rings. The minimum atomic E-state index is -5.51. The van der Waals surface area contributed by atoms with Crippen molar-refractivity contribution in [1.29, 1.82) is 0 Å². The highest BCUT2D eigenvalue weighted by Gasteiger charge is 2.54. The van der Waals surface area contributed by atoms with Crippen molar-refractivity contribution in [3.63, 3.8) is 0 Å². The van der Waals surface area contributed by atoms with Crippen molar-refractivity contribution in [3.05, 3.63) is 0 Å². The van der Waals surface area contributed by atoms with Gasteiger partial charge in [0.25, 0.3) is 0 Å². The van der Waals surface area contributed by atoms with Gasteiger partial charge >= 0.3 is 33.1 Å². The second-order valence-electron chi connectivity index (χ2n) is 11.7. The average Bonchev–Trinajstić information content (AvgIpc) is 2.91. The van der Waals surface area contributed by atoms with E-state index in [1.54, 1.807) is 9.80 Å². The largest absolute Gasteiger partial charge is 0.480 e. The summed E-state index contributed by atoms with van der Waals surface area (Å²) in [4.78, 5) is 91.4. The number of rotatable bonds is 16. The molecular formula is C25H51N4O14P3. The molecule has 1 atom stereocenters. The van der Waals surface area contributed by atoms with Crippen molar-refractivity contribution < 1.29 is 67.9 Å². The van der Waals surface area contributed by atoms with E-state index in [1.165, 1.54) is 9.80 Å². The monoisotopic (exact) mass is 724 g/mol. The van der Waals surface area contributed by atoms with Gasteiger partial charge < -0.3 is 39.8 Å². The highest BCUT2D eigenvalue weighted by Crippen LogP contribution is 2.64. The van der Waals surface area contributed by atoms with E-state index < -0.39 is 82.5 Å². The van der Waals surface area contributed by atoms with E-state index >= 15 is 0 Å². The van der Waals surface area contributed by atoms with Gasteiger partial charge in [0.15, 0.2) is 5.40 Å². The molecule has 1 saturated heterocycles. The van der Waals surface area contributed by atoms with Crippen LogP contribution >= 0.6 is 22.6 Å². The smallest absolute Gasteiger partial charge is 0.341 e.